The van der Waals surface area contributed by atoms with Crippen molar-refractivity contribution in [3.05, 3.63) is 69.8 Å². The van der Waals surface area contributed by atoms with Crippen LogP contribution in [0.25, 0.3) is 0 Å². The van der Waals surface area contributed by atoms with E-state index in [-0.39, 0.29) is 17.7 Å². The molecule has 0 radical (unpaired) electrons. The van der Waals surface area contributed by atoms with Gasteiger partial charge in [0.25, 0.3) is 11.6 Å². The third-order valence-electron chi connectivity index (χ3n) is 3.54. The Morgan fingerprint density at radius 2 is 1.96 bits per heavy atom. The lowest BCUT2D eigenvalue weighted by atomic mass is 10.0. The van der Waals surface area contributed by atoms with Crippen LogP contribution >= 0.6 is 0 Å². The molecule has 0 saturated carbocycles. The number of hydrogen-bond donors (Lipinski definition) is 2. The summed E-state index contributed by atoms with van der Waals surface area (Å²) in [5.74, 6) is -0.706. The molecule has 3 N–H and O–H groups in total. The smallest absolute Gasteiger partial charge is 0.270 e. The number of carbonyl (C=O) groups excluding carboxylic acids is 2. The molecule has 130 valence electrons. The average Bonchev–Trinajstić information content (AvgIpc) is 2.61. The van der Waals surface area contributed by atoms with E-state index >= 15 is 0 Å². The molecule has 0 aliphatic carbocycles. The Bertz CT molecular complexity index is 806. The molecule has 0 saturated heterocycles. The van der Waals surface area contributed by atoms with Crippen LogP contribution < -0.4 is 15.8 Å². The quantitative estimate of drug-likeness (QED) is 0.581. The van der Waals surface area contributed by atoms with Gasteiger partial charge in [0.1, 0.15) is 11.8 Å². The minimum atomic E-state index is -0.959. The summed E-state index contributed by atoms with van der Waals surface area (Å²) in [6, 6.07) is 11.3. The summed E-state index contributed by atoms with van der Waals surface area (Å²) in [7, 11) is 1.52. The fourth-order valence-electron chi connectivity index (χ4n) is 2.26. The van der Waals surface area contributed by atoms with Gasteiger partial charge in [-0.3, -0.25) is 19.7 Å². The maximum absolute atomic E-state index is 12.3. The van der Waals surface area contributed by atoms with E-state index in [0.717, 1.165) is 11.6 Å². The predicted octanol–water partition coefficient (Wildman–Crippen LogP) is 1.43. The summed E-state index contributed by atoms with van der Waals surface area (Å²) in [5, 5.41) is 13.3. The van der Waals surface area contributed by atoms with Crippen molar-refractivity contribution in [3.63, 3.8) is 0 Å². The summed E-state index contributed by atoms with van der Waals surface area (Å²) in [4.78, 5) is 34.1. The van der Waals surface area contributed by atoms with Crippen LogP contribution in [-0.4, -0.2) is 29.9 Å². The highest BCUT2D eigenvalue weighted by Crippen LogP contribution is 2.15. The molecule has 1 atom stereocenters. The van der Waals surface area contributed by atoms with Crippen LogP contribution in [0.2, 0.25) is 0 Å². The van der Waals surface area contributed by atoms with Gasteiger partial charge >= 0.3 is 0 Å². The van der Waals surface area contributed by atoms with Crippen LogP contribution in [0.15, 0.2) is 48.5 Å². The van der Waals surface area contributed by atoms with Gasteiger partial charge in [-0.15, -0.1) is 0 Å². The molecule has 0 aliphatic heterocycles. The van der Waals surface area contributed by atoms with Gasteiger partial charge in [0, 0.05) is 24.1 Å². The number of nitro benzene ring substituents is 1. The van der Waals surface area contributed by atoms with Crippen molar-refractivity contribution < 1.29 is 19.2 Å². The third-order valence-corrected chi connectivity index (χ3v) is 3.54. The largest absolute Gasteiger partial charge is 0.497 e. The Labute approximate surface area is 143 Å². The number of benzene rings is 2. The zero-order valence-electron chi connectivity index (χ0n) is 13.5. The Balaban J connectivity index is 2.15. The monoisotopic (exact) mass is 343 g/mol. The summed E-state index contributed by atoms with van der Waals surface area (Å²) < 4.78 is 5.12. The Kier molecular flexibility index (Phi) is 5.67. The van der Waals surface area contributed by atoms with Gasteiger partial charge in [0.2, 0.25) is 5.91 Å². The van der Waals surface area contributed by atoms with Gasteiger partial charge in [-0.25, -0.2) is 0 Å². The molecular formula is C17H17N3O5. The maximum atomic E-state index is 12.3. The lowest BCUT2D eigenvalue weighted by molar-refractivity contribution is -0.384. The van der Waals surface area contributed by atoms with E-state index in [4.69, 9.17) is 10.5 Å². The van der Waals surface area contributed by atoms with E-state index < -0.39 is 22.8 Å². The first kappa shape index (κ1) is 17.9. The number of primary amides is 1. The SMILES string of the molecule is COc1cccc(C[C@H](NC(=O)c2cccc([N+](=O)[O-])c2)C(N)=O)c1. The van der Waals surface area contributed by atoms with Crippen LogP contribution in [0.5, 0.6) is 5.75 Å². The highest BCUT2D eigenvalue weighted by atomic mass is 16.6. The van der Waals surface area contributed by atoms with Crippen LogP contribution in [0.3, 0.4) is 0 Å². The number of ether oxygens (including phenoxy) is 1. The van der Waals surface area contributed by atoms with Crippen molar-refractivity contribution in [2.24, 2.45) is 5.73 Å². The van der Waals surface area contributed by atoms with E-state index in [2.05, 4.69) is 5.32 Å². The number of nitrogens with zero attached hydrogens (tertiary/aromatic N) is 1. The summed E-state index contributed by atoms with van der Waals surface area (Å²) >= 11 is 0. The third kappa shape index (κ3) is 4.77. The number of amides is 2. The first-order valence-corrected chi connectivity index (χ1v) is 7.38. The van der Waals surface area contributed by atoms with Crippen molar-refractivity contribution in [2.45, 2.75) is 12.5 Å². The van der Waals surface area contributed by atoms with Crippen molar-refractivity contribution in [2.75, 3.05) is 7.11 Å². The zero-order valence-corrected chi connectivity index (χ0v) is 13.5. The predicted molar refractivity (Wildman–Crippen MR) is 90.2 cm³/mol. The minimum absolute atomic E-state index is 0.0751. The first-order valence-electron chi connectivity index (χ1n) is 7.38. The average molecular weight is 343 g/mol. The molecule has 8 nitrogen and oxygen atoms in total. The number of nitrogens with two attached hydrogens (primary N) is 1. The molecule has 25 heavy (non-hydrogen) atoms. The minimum Gasteiger partial charge on any atom is -0.497 e. The summed E-state index contributed by atoms with van der Waals surface area (Å²) in [6.07, 6.45) is 0.174. The number of carbonyl (C=O) groups is 2. The Morgan fingerprint density at radius 3 is 2.60 bits per heavy atom. The van der Waals surface area contributed by atoms with Crippen molar-refractivity contribution in [1.82, 2.24) is 5.32 Å². The highest BCUT2D eigenvalue weighted by Gasteiger charge is 2.20. The molecule has 2 aromatic rings. The fraction of sp³-hybridized carbons (Fsp3) is 0.176. The number of non-ortho nitro benzene ring substituents is 1. The lowest BCUT2D eigenvalue weighted by Crippen LogP contribution is -2.45. The molecule has 8 heteroatoms. The fourth-order valence-corrected chi connectivity index (χ4v) is 2.26. The number of nitro groups is 1. The molecule has 2 aromatic carbocycles. The van der Waals surface area contributed by atoms with Crippen LogP contribution in [-0.2, 0) is 11.2 Å². The van der Waals surface area contributed by atoms with Crippen LogP contribution in [0.1, 0.15) is 15.9 Å². The van der Waals surface area contributed by atoms with Crippen LogP contribution in [0, 0.1) is 10.1 Å². The molecule has 0 bridgehead atoms. The van der Waals surface area contributed by atoms with Crippen molar-refractivity contribution in [1.29, 1.82) is 0 Å². The molecule has 0 heterocycles. The molecule has 2 amide bonds. The molecular weight excluding hydrogens is 326 g/mol. The van der Waals surface area contributed by atoms with Gasteiger partial charge in [-0.2, -0.15) is 0 Å². The summed E-state index contributed by atoms with van der Waals surface area (Å²) in [5.41, 5.74) is 5.98. The number of rotatable bonds is 7. The second-order valence-electron chi connectivity index (χ2n) is 5.29. The molecule has 0 spiro atoms. The number of methoxy groups -OCH3 is 1. The van der Waals surface area contributed by atoms with Gasteiger partial charge < -0.3 is 15.8 Å². The Hall–Kier alpha value is -3.42. The van der Waals surface area contributed by atoms with E-state index in [0.29, 0.717) is 5.75 Å². The number of hydrogen-bond acceptors (Lipinski definition) is 5. The van der Waals surface area contributed by atoms with E-state index in [9.17, 15) is 19.7 Å². The lowest BCUT2D eigenvalue weighted by Gasteiger charge is -2.16. The van der Waals surface area contributed by atoms with Crippen LogP contribution in [0.4, 0.5) is 5.69 Å². The molecule has 0 fully saturated rings. The van der Waals surface area contributed by atoms with Crippen molar-refractivity contribution >= 4 is 17.5 Å². The highest BCUT2D eigenvalue weighted by molar-refractivity contribution is 5.97. The van der Waals surface area contributed by atoms with Gasteiger partial charge in [0.15, 0.2) is 0 Å². The number of nitrogens with one attached hydrogen (secondary N) is 1. The zero-order chi connectivity index (χ0) is 18.4. The molecule has 2 rings (SSSR count). The second kappa shape index (κ2) is 7.91. The van der Waals surface area contributed by atoms with Crippen molar-refractivity contribution in [3.8, 4) is 5.75 Å². The van der Waals surface area contributed by atoms with E-state index in [1.54, 1.807) is 24.3 Å². The summed E-state index contributed by atoms with van der Waals surface area (Å²) in [6.45, 7) is 0. The normalized spacial score (nSPS) is 11.4. The molecule has 0 aliphatic rings. The van der Waals surface area contributed by atoms with Gasteiger partial charge in [-0.05, 0) is 23.8 Å². The van der Waals surface area contributed by atoms with E-state index in [1.165, 1.54) is 25.3 Å². The van der Waals surface area contributed by atoms with E-state index in [1.807, 2.05) is 0 Å². The topological polar surface area (TPSA) is 125 Å². The first-order chi connectivity index (χ1) is 11.9. The molecule has 0 unspecified atom stereocenters. The maximum Gasteiger partial charge on any atom is 0.270 e. The molecule has 0 aromatic heterocycles. The van der Waals surface area contributed by atoms with Gasteiger partial charge in [0.05, 0.1) is 12.0 Å². The Morgan fingerprint density at radius 1 is 1.24 bits per heavy atom. The second-order valence-corrected chi connectivity index (χ2v) is 5.29. The standard InChI is InChI=1S/C17H17N3O5/c1-25-14-7-2-4-11(8-14)9-15(16(18)21)19-17(22)12-5-3-6-13(10-12)20(23)24/h2-8,10,15H,9H2,1H3,(H2,18,21)(H,19,22)/t15-/m0/s1. The van der Waals surface area contributed by atoms with Gasteiger partial charge in [-0.1, -0.05) is 18.2 Å².